The Hall–Kier alpha value is -2.72. The maximum absolute atomic E-state index is 5.53. The number of rotatable bonds is 4. The molecule has 3 aromatic rings. The standard InChI is InChI=1S/C21H21N3S/c1-15-7-6-10-18(13-15)20(17-8-4-3-5-9-17)24-21(25)23-19-14-16(2)11-12-22-19/h3-14,20H,1-2H3,(H2,22,23,24,25)/t20-/m0/s1. The van der Waals surface area contributed by atoms with Crippen LogP contribution in [-0.4, -0.2) is 10.1 Å². The number of aromatic nitrogens is 1. The van der Waals surface area contributed by atoms with E-state index in [1.54, 1.807) is 6.20 Å². The van der Waals surface area contributed by atoms with Crippen LogP contribution in [0.1, 0.15) is 28.3 Å². The first-order valence-electron chi connectivity index (χ1n) is 8.23. The van der Waals surface area contributed by atoms with Gasteiger partial charge in [0.05, 0.1) is 6.04 Å². The number of aryl methyl sites for hydroxylation is 2. The van der Waals surface area contributed by atoms with Gasteiger partial charge in [-0.1, -0.05) is 60.2 Å². The monoisotopic (exact) mass is 347 g/mol. The van der Waals surface area contributed by atoms with Gasteiger partial charge in [0.15, 0.2) is 5.11 Å². The fourth-order valence-electron chi connectivity index (χ4n) is 2.74. The average molecular weight is 347 g/mol. The Morgan fingerprint density at radius 3 is 2.32 bits per heavy atom. The van der Waals surface area contributed by atoms with Gasteiger partial charge in [0.1, 0.15) is 5.82 Å². The molecule has 0 aliphatic rings. The van der Waals surface area contributed by atoms with Gasteiger partial charge >= 0.3 is 0 Å². The molecule has 25 heavy (non-hydrogen) atoms. The van der Waals surface area contributed by atoms with Gasteiger partial charge in [0.2, 0.25) is 0 Å². The highest BCUT2D eigenvalue weighted by atomic mass is 32.1. The predicted octanol–water partition coefficient (Wildman–Crippen LogP) is 4.77. The Morgan fingerprint density at radius 2 is 1.60 bits per heavy atom. The first-order valence-corrected chi connectivity index (χ1v) is 8.64. The van der Waals surface area contributed by atoms with Crippen LogP contribution in [0.4, 0.5) is 5.82 Å². The summed E-state index contributed by atoms with van der Waals surface area (Å²) in [6.45, 7) is 4.13. The summed E-state index contributed by atoms with van der Waals surface area (Å²) in [4.78, 5) is 4.31. The fraction of sp³-hybridized carbons (Fsp3) is 0.143. The zero-order valence-electron chi connectivity index (χ0n) is 14.4. The molecule has 0 radical (unpaired) electrons. The van der Waals surface area contributed by atoms with E-state index in [9.17, 15) is 0 Å². The largest absolute Gasteiger partial charge is 0.351 e. The Labute approximate surface area is 154 Å². The molecule has 1 heterocycles. The highest BCUT2D eigenvalue weighted by Crippen LogP contribution is 2.23. The van der Waals surface area contributed by atoms with Gasteiger partial charge < -0.3 is 10.6 Å². The zero-order chi connectivity index (χ0) is 17.6. The van der Waals surface area contributed by atoms with Gasteiger partial charge in [-0.05, 0) is 54.9 Å². The maximum atomic E-state index is 5.53. The number of thiocarbonyl (C=S) groups is 1. The SMILES string of the molecule is Cc1cccc([C@@H](NC(=S)Nc2cc(C)ccn2)c2ccccc2)c1. The van der Waals surface area contributed by atoms with Crippen LogP contribution in [0.2, 0.25) is 0 Å². The second-order valence-electron chi connectivity index (χ2n) is 6.07. The Bertz CT molecular complexity index is 862. The van der Waals surface area contributed by atoms with Crippen molar-refractivity contribution < 1.29 is 0 Å². The number of nitrogens with zero attached hydrogens (tertiary/aromatic N) is 1. The molecule has 0 fully saturated rings. The van der Waals surface area contributed by atoms with Crippen molar-refractivity contribution in [3.63, 3.8) is 0 Å². The molecule has 0 amide bonds. The zero-order valence-corrected chi connectivity index (χ0v) is 15.2. The molecule has 0 aliphatic carbocycles. The van der Waals surface area contributed by atoms with Gasteiger partial charge in [-0.2, -0.15) is 0 Å². The van der Waals surface area contributed by atoms with Crippen LogP contribution in [0.5, 0.6) is 0 Å². The van der Waals surface area contributed by atoms with E-state index in [-0.39, 0.29) is 6.04 Å². The lowest BCUT2D eigenvalue weighted by Crippen LogP contribution is -2.33. The summed E-state index contributed by atoms with van der Waals surface area (Å²) in [5.74, 6) is 0.744. The molecular formula is C21H21N3S. The van der Waals surface area contributed by atoms with E-state index in [1.165, 1.54) is 11.1 Å². The summed E-state index contributed by atoms with van der Waals surface area (Å²) < 4.78 is 0. The topological polar surface area (TPSA) is 37.0 Å². The van der Waals surface area contributed by atoms with Crippen LogP contribution in [0, 0.1) is 13.8 Å². The van der Waals surface area contributed by atoms with Crippen LogP contribution < -0.4 is 10.6 Å². The van der Waals surface area contributed by atoms with Gasteiger partial charge in [-0.3, -0.25) is 0 Å². The molecule has 2 aromatic carbocycles. The van der Waals surface area contributed by atoms with E-state index in [4.69, 9.17) is 12.2 Å². The molecule has 0 unspecified atom stereocenters. The summed E-state index contributed by atoms with van der Waals surface area (Å²) in [7, 11) is 0. The van der Waals surface area contributed by atoms with E-state index in [0.717, 1.165) is 16.9 Å². The maximum Gasteiger partial charge on any atom is 0.172 e. The lowest BCUT2D eigenvalue weighted by atomic mass is 9.97. The highest BCUT2D eigenvalue weighted by Gasteiger charge is 2.15. The third-order valence-corrected chi connectivity index (χ3v) is 4.16. The molecule has 4 heteroatoms. The smallest absolute Gasteiger partial charge is 0.172 e. The molecule has 0 aliphatic heterocycles. The van der Waals surface area contributed by atoms with E-state index < -0.39 is 0 Å². The quantitative estimate of drug-likeness (QED) is 0.666. The summed E-state index contributed by atoms with van der Waals surface area (Å²) in [6.07, 6.45) is 1.77. The van der Waals surface area contributed by atoms with Crippen LogP contribution >= 0.6 is 12.2 Å². The summed E-state index contributed by atoms with van der Waals surface area (Å²) in [5, 5.41) is 7.15. The molecule has 3 rings (SSSR count). The van der Waals surface area contributed by atoms with Gasteiger partial charge in [0.25, 0.3) is 0 Å². The van der Waals surface area contributed by atoms with Crippen molar-refractivity contribution in [1.82, 2.24) is 10.3 Å². The fourth-order valence-corrected chi connectivity index (χ4v) is 2.96. The van der Waals surface area contributed by atoms with Crippen molar-refractivity contribution in [2.45, 2.75) is 19.9 Å². The van der Waals surface area contributed by atoms with Crippen molar-refractivity contribution >= 4 is 23.1 Å². The van der Waals surface area contributed by atoms with E-state index in [1.807, 2.05) is 37.3 Å². The minimum absolute atomic E-state index is 0.0223. The second-order valence-corrected chi connectivity index (χ2v) is 6.48. The molecule has 2 N–H and O–H groups in total. The van der Waals surface area contributed by atoms with Gasteiger partial charge in [0, 0.05) is 6.20 Å². The predicted molar refractivity (Wildman–Crippen MR) is 108 cm³/mol. The summed E-state index contributed by atoms with van der Waals surface area (Å²) in [6, 6.07) is 22.7. The third kappa shape index (κ3) is 4.64. The molecular weight excluding hydrogens is 326 g/mol. The molecule has 1 atom stereocenters. The number of hydrogen-bond donors (Lipinski definition) is 2. The Kier molecular flexibility index (Phi) is 5.41. The van der Waals surface area contributed by atoms with Crippen LogP contribution in [0.3, 0.4) is 0 Å². The number of nitrogens with one attached hydrogen (secondary N) is 2. The van der Waals surface area contributed by atoms with Crippen molar-refractivity contribution in [3.8, 4) is 0 Å². The van der Waals surface area contributed by atoms with E-state index >= 15 is 0 Å². The van der Waals surface area contributed by atoms with E-state index in [2.05, 4.69) is 58.9 Å². The van der Waals surface area contributed by atoms with Crippen molar-refractivity contribution in [1.29, 1.82) is 0 Å². The van der Waals surface area contributed by atoms with Gasteiger partial charge in [-0.15, -0.1) is 0 Å². The molecule has 1 aromatic heterocycles. The lowest BCUT2D eigenvalue weighted by molar-refractivity contribution is 0.767. The number of hydrogen-bond acceptors (Lipinski definition) is 2. The normalized spacial score (nSPS) is 11.6. The van der Waals surface area contributed by atoms with Crippen molar-refractivity contribution in [2.75, 3.05) is 5.32 Å². The minimum atomic E-state index is -0.0223. The third-order valence-electron chi connectivity index (χ3n) is 3.94. The van der Waals surface area contributed by atoms with Crippen molar-refractivity contribution in [3.05, 3.63) is 95.2 Å². The molecule has 0 bridgehead atoms. The molecule has 0 spiro atoms. The van der Waals surface area contributed by atoms with Gasteiger partial charge in [-0.25, -0.2) is 4.98 Å². The Balaban J connectivity index is 1.84. The van der Waals surface area contributed by atoms with E-state index in [0.29, 0.717) is 5.11 Å². The van der Waals surface area contributed by atoms with Crippen LogP contribution in [0.25, 0.3) is 0 Å². The average Bonchev–Trinajstić information content (AvgIpc) is 2.60. The highest BCUT2D eigenvalue weighted by molar-refractivity contribution is 7.80. The first-order chi connectivity index (χ1) is 12.1. The molecule has 0 saturated carbocycles. The summed E-state index contributed by atoms with van der Waals surface area (Å²) in [5.41, 5.74) is 4.69. The number of anilines is 1. The second kappa shape index (κ2) is 7.90. The first kappa shape index (κ1) is 17.1. The van der Waals surface area contributed by atoms with Crippen molar-refractivity contribution in [2.24, 2.45) is 0 Å². The number of benzene rings is 2. The molecule has 3 nitrogen and oxygen atoms in total. The van der Waals surface area contributed by atoms with Crippen LogP contribution in [-0.2, 0) is 0 Å². The number of pyridine rings is 1. The summed E-state index contributed by atoms with van der Waals surface area (Å²) >= 11 is 5.53. The van der Waals surface area contributed by atoms with Crippen LogP contribution in [0.15, 0.2) is 72.9 Å². The minimum Gasteiger partial charge on any atom is -0.351 e. The molecule has 0 saturated heterocycles. The Morgan fingerprint density at radius 1 is 0.880 bits per heavy atom. The molecule has 126 valence electrons. The lowest BCUT2D eigenvalue weighted by Gasteiger charge is -2.22.